The topological polar surface area (TPSA) is 58.6 Å². The van der Waals surface area contributed by atoms with Crippen LogP contribution in [0.4, 0.5) is 0 Å². The van der Waals surface area contributed by atoms with Gasteiger partial charge in [-0.05, 0) is 24.8 Å². The number of nitrogens with one attached hydrogen (secondary N) is 1. The van der Waals surface area contributed by atoms with Crippen molar-refractivity contribution < 1.29 is 4.79 Å². The molecule has 0 atom stereocenters. The molecule has 1 N–H and O–H groups in total. The van der Waals surface area contributed by atoms with Gasteiger partial charge in [0.2, 0.25) is 5.16 Å². The number of hydrogen-bond donors (Lipinski definition) is 1. The Balaban J connectivity index is 2.31. The van der Waals surface area contributed by atoms with Crippen LogP contribution in [0.3, 0.4) is 0 Å². The number of halogens is 1. The van der Waals surface area contributed by atoms with E-state index in [1.165, 1.54) is 36.3 Å². The molecular formula is C8H6ClN3OS2. The van der Waals surface area contributed by atoms with Crippen molar-refractivity contribution in [3.63, 3.8) is 0 Å². The van der Waals surface area contributed by atoms with Crippen LogP contribution in [0.25, 0.3) is 0 Å². The Labute approximate surface area is 99.1 Å². The summed E-state index contributed by atoms with van der Waals surface area (Å²) in [5, 5.41) is 7.09. The fourth-order valence-electron chi connectivity index (χ4n) is 0.996. The molecule has 0 aromatic carbocycles. The molecule has 2 aromatic heterocycles. The van der Waals surface area contributed by atoms with Gasteiger partial charge in [-0.3, -0.25) is 9.89 Å². The molecule has 0 aliphatic heterocycles. The predicted molar refractivity (Wildman–Crippen MR) is 59.8 cm³/mol. The van der Waals surface area contributed by atoms with E-state index in [9.17, 15) is 4.79 Å². The minimum absolute atomic E-state index is 0.00353. The molecule has 2 heterocycles. The van der Waals surface area contributed by atoms with Crippen molar-refractivity contribution in [3.8, 4) is 0 Å². The molecule has 0 saturated heterocycles. The Hall–Kier alpha value is -0.850. The molecule has 0 fully saturated rings. The Morgan fingerprint density at radius 2 is 2.47 bits per heavy atom. The monoisotopic (exact) mass is 259 g/mol. The smallest absolute Gasteiger partial charge is 0.213 e. The van der Waals surface area contributed by atoms with Gasteiger partial charge in [0.15, 0.2) is 5.78 Å². The maximum absolute atomic E-state index is 11.3. The molecule has 78 valence electrons. The largest absolute Gasteiger partial charge is 0.294 e. The summed E-state index contributed by atoms with van der Waals surface area (Å²) in [4.78, 5) is 15.3. The Kier molecular flexibility index (Phi) is 3.08. The number of carbonyl (C=O) groups excluding carboxylic acids is 1. The summed E-state index contributed by atoms with van der Waals surface area (Å²) in [5.74, 6) is -0.00353. The second kappa shape index (κ2) is 4.34. The fraction of sp³-hybridized carbons (Fsp3) is 0.125. The number of aromatic nitrogens is 3. The van der Waals surface area contributed by atoms with Gasteiger partial charge in [0.1, 0.15) is 6.33 Å². The Bertz CT molecular complexity index is 480. The van der Waals surface area contributed by atoms with Crippen LogP contribution in [-0.4, -0.2) is 21.0 Å². The minimum Gasteiger partial charge on any atom is -0.294 e. The van der Waals surface area contributed by atoms with E-state index in [-0.39, 0.29) is 5.78 Å². The van der Waals surface area contributed by atoms with Gasteiger partial charge in [-0.1, -0.05) is 11.6 Å². The lowest BCUT2D eigenvalue weighted by Crippen LogP contribution is -1.90. The molecular weight excluding hydrogens is 254 g/mol. The molecule has 0 unspecified atom stereocenters. The predicted octanol–water partition coefficient (Wildman–Crippen LogP) is 2.87. The van der Waals surface area contributed by atoms with Gasteiger partial charge >= 0.3 is 0 Å². The van der Waals surface area contributed by atoms with Gasteiger partial charge in [-0.25, -0.2) is 4.98 Å². The van der Waals surface area contributed by atoms with Crippen molar-refractivity contribution in [1.29, 1.82) is 0 Å². The first kappa shape index (κ1) is 10.7. The maximum Gasteiger partial charge on any atom is 0.213 e. The quantitative estimate of drug-likeness (QED) is 0.861. The van der Waals surface area contributed by atoms with Crippen molar-refractivity contribution >= 4 is 40.5 Å². The van der Waals surface area contributed by atoms with Gasteiger partial charge < -0.3 is 0 Å². The van der Waals surface area contributed by atoms with Crippen molar-refractivity contribution in [3.05, 3.63) is 22.3 Å². The molecule has 2 aromatic rings. The number of H-pyrrole nitrogens is 1. The van der Waals surface area contributed by atoms with Crippen LogP contribution in [0.15, 0.2) is 21.8 Å². The number of thiophene rings is 1. The van der Waals surface area contributed by atoms with Gasteiger partial charge in [0.05, 0.1) is 8.55 Å². The number of nitrogens with zero attached hydrogens (tertiary/aromatic N) is 2. The van der Waals surface area contributed by atoms with Gasteiger partial charge in [0, 0.05) is 5.56 Å². The lowest BCUT2D eigenvalue weighted by molar-refractivity contribution is 0.101. The lowest BCUT2D eigenvalue weighted by atomic mass is 10.2. The third-order valence-electron chi connectivity index (χ3n) is 1.62. The zero-order valence-electron chi connectivity index (χ0n) is 7.65. The van der Waals surface area contributed by atoms with Gasteiger partial charge in [-0.15, -0.1) is 16.4 Å². The second-order valence-electron chi connectivity index (χ2n) is 2.69. The molecule has 0 amide bonds. The van der Waals surface area contributed by atoms with Crippen LogP contribution >= 0.6 is 34.7 Å². The maximum atomic E-state index is 11.3. The van der Waals surface area contributed by atoms with Crippen molar-refractivity contribution in [2.24, 2.45) is 0 Å². The highest BCUT2D eigenvalue weighted by molar-refractivity contribution is 8.01. The van der Waals surface area contributed by atoms with E-state index in [0.717, 1.165) is 4.21 Å². The van der Waals surface area contributed by atoms with Crippen molar-refractivity contribution in [2.75, 3.05) is 0 Å². The molecule has 0 aliphatic carbocycles. The Morgan fingerprint density at radius 3 is 3.07 bits per heavy atom. The first-order valence-electron chi connectivity index (χ1n) is 4.00. The number of carbonyl (C=O) groups is 1. The number of Topliss-reactive ketones (excluding diaryl/α,β-unsaturated/α-hetero) is 1. The average molecular weight is 260 g/mol. The number of aromatic amines is 1. The number of hydrogen-bond acceptors (Lipinski definition) is 5. The molecule has 7 heteroatoms. The highest BCUT2D eigenvalue weighted by atomic mass is 35.5. The number of rotatable bonds is 3. The molecule has 0 bridgehead atoms. The molecule has 0 spiro atoms. The Morgan fingerprint density at radius 1 is 1.67 bits per heavy atom. The second-order valence-corrected chi connectivity index (χ2v) is 5.61. The van der Waals surface area contributed by atoms with E-state index in [1.54, 1.807) is 6.07 Å². The zero-order valence-corrected chi connectivity index (χ0v) is 10.0. The normalized spacial score (nSPS) is 10.5. The molecule has 0 radical (unpaired) electrons. The van der Waals surface area contributed by atoms with E-state index >= 15 is 0 Å². The molecule has 0 saturated carbocycles. The molecule has 0 aliphatic rings. The van der Waals surface area contributed by atoms with Gasteiger partial charge in [0.25, 0.3) is 0 Å². The summed E-state index contributed by atoms with van der Waals surface area (Å²) < 4.78 is 1.42. The first-order chi connectivity index (χ1) is 7.16. The standard InChI is InChI=1S/C8H6ClN3OS2/c1-4(13)5-2-6(9)14-7(5)15-8-10-3-11-12-8/h2-3H,1H3,(H,10,11,12). The highest BCUT2D eigenvalue weighted by Gasteiger charge is 2.14. The third kappa shape index (κ3) is 2.39. The minimum atomic E-state index is -0.00353. The third-order valence-corrected chi connectivity index (χ3v) is 3.97. The SMILES string of the molecule is CC(=O)c1cc(Cl)sc1Sc1nc[nH]n1. The average Bonchev–Trinajstić information content (AvgIpc) is 2.75. The van der Waals surface area contributed by atoms with Crippen LogP contribution in [-0.2, 0) is 0 Å². The summed E-state index contributed by atoms with van der Waals surface area (Å²) in [5.41, 5.74) is 0.625. The molecule has 2 rings (SSSR count). The van der Waals surface area contributed by atoms with E-state index in [2.05, 4.69) is 15.2 Å². The summed E-state index contributed by atoms with van der Waals surface area (Å²) >= 11 is 8.54. The van der Waals surface area contributed by atoms with E-state index in [4.69, 9.17) is 11.6 Å². The van der Waals surface area contributed by atoms with Gasteiger partial charge in [-0.2, -0.15) is 0 Å². The van der Waals surface area contributed by atoms with Crippen LogP contribution in [0.5, 0.6) is 0 Å². The fourth-order valence-corrected chi connectivity index (χ4v) is 3.48. The van der Waals surface area contributed by atoms with E-state index in [0.29, 0.717) is 15.1 Å². The molecule has 15 heavy (non-hydrogen) atoms. The van der Waals surface area contributed by atoms with Crippen LogP contribution in [0, 0.1) is 0 Å². The first-order valence-corrected chi connectivity index (χ1v) is 6.02. The lowest BCUT2D eigenvalue weighted by Gasteiger charge is -1.94. The summed E-state index contributed by atoms with van der Waals surface area (Å²) in [6.07, 6.45) is 1.49. The summed E-state index contributed by atoms with van der Waals surface area (Å²) in [6.45, 7) is 1.51. The number of ketones is 1. The van der Waals surface area contributed by atoms with E-state index < -0.39 is 0 Å². The van der Waals surface area contributed by atoms with Crippen LogP contribution in [0.2, 0.25) is 4.34 Å². The van der Waals surface area contributed by atoms with Crippen molar-refractivity contribution in [2.45, 2.75) is 16.3 Å². The van der Waals surface area contributed by atoms with Crippen LogP contribution in [0.1, 0.15) is 17.3 Å². The van der Waals surface area contributed by atoms with Crippen LogP contribution < -0.4 is 0 Å². The van der Waals surface area contributed by atoms with Crippen molar-refractivity contribution in [1.82, 2.24) is 15.2 Å². The summed E-state index contributed by atoms with van der Waals surface area (Å²) in [7, 11) is 0. The molecule has 4 nitrogen and oxygen atoms in total. The highest BCUT2D eigenvalue weighted by Crippen LogP contribution is 2.37. The zero-order chi connectivity index (χ0) is 10.8. The van der Waals surface area contributed by atoms with E-state index in [1.807, 2.05) is 0 Å². The summed E-state index contributed by atoms with van der Waals surface area (Å²) in [6, 6.07) is 1.67.